The number of halogens is 1. The largest absolute Gasteiger partial charge is 0.490 e. The van der Waals surface area contributed by atoms with Crippen molar-refractivity contribution < 1.29 is 14.3 Å². The van der Waals surface area contributed by atoms with Gasteiger partial charge in [-0.05, 0) is 106 Å². The van der Waals surface area contributed by atoms with E-state index >= 15 is 0 Å². The van der Waals surface area contributed by atoms with Crippen LogP contribution in [-0.2, 0) is 4.79 Å². The minimum Gasteiger partial charge on any atom is -0.490 e. The highest BCUT2D eigenvalue weighted by Gasteiger charge is 2.33. The first-order valence-corrected chi connectivity index (χ1v) is 19.3. The molecule has 2 N–H and O–H groups in total. The SMILES string of the molecule is N#Cc1ccc(OC2CCC(N3NC=CC=C3N3CCC(CN4CCC[C@H](n5ccc6c(N7CCC(=O)NC7=O)cccc65)C4)CC3)CC2)cc1Cl. The van der Waals surface area contributed by atoms with E-state index in [2.05, 4.69) is 66.7 Å². The molecule has 1 saturated carbocycles. The van der Waals surface area contributed by atoms with Crippen LogP contribution in [-0.4, -0.2) is 82.7 Å². The van der Waals surface area contributed by atoms with Crippen LogP contribution in [0.15, 0.2) is 72.8 Å². The number of nitrogens with zero attached hydrogens (tertiary/aromatic N) is 6. The lowest BCUT2D eigenvalue weighted by Crippen LogP contribution is -2.52. The van der Waals surface area contributed by atoms with Crippen LogP contribution >= 0.6 is 11.6 Å². The Kier molecular flexibility index (Phi) is 10.0. The Balaban J connectivity index is 0.837. The Morgan fingerprint density at radius 1 is 0.942 bits per heavy atom. The number of aromatic nitrogens is 1. The lowest BCUT2D eigenvalue weighted by Gasteiger charge is -2.46. The number of ether oxygens (including phenoxy) is 1. The maximum Gasteiger partial charge on any atom is 0.328 e. The number of amides is 3. The quantitative estimate of drug-likeness (QED) is 0.271. The Labute approximate surface area is 310 Å². The van der Waals surface area contributed by atoms with Crippen molar-refractivity contribution in [2.45, 2.75) is 76.0 Å². The second-order valence-electron chi connectivity index (χ2n) is 14.9. The summed E-state index contributed by atoms with van der Waals surface area (Å²) in [4.78, 5) is 31.3. The van der Waals surface area contributed by atoms with Crippen LogP contribution in [0.25, 0.3) is 10.9 Å². The summed E-state index contributed by atoms with van der Waals surface area (Å²) < 4.78 is 8.68. The molecule has 12 heteroatoms. The molecule has 5 aliphatic rings. The third-order valence-electron chi connectivity index (χ3n) is 11.6. The van der Waals surface area contributed by atoms with Gasteiger partial charge in [0.2, 0.25) is 5.91 Å². The van der Waals surface area contributed by atoms with Gasteiger partial charge in [-0.25, -0.2) is 4.79 Å². The monoisotopic (exact) mass is 722 g/mol. The summed E-state index contributed by atoms with van der Waals surface area (Å²) in [5.41, 5.74) is 6.04. The van der Waals surface area contributed by atoms with E-state index in [4.69, 9.17) is 16.3 Å². The molecule has 52 heavy (non-hydrogen) atoms. The molecule has 272 valence electrons. The Bertz CT molecular complexity index is 1900. The lowest BCUT2D eigenvalue weighted by molar-refractivity contribution is -0.120. The Morgan fingerprint density at radius 2 is 1.79 bits per heavy atom. The highest BCUT2D eigenvalue weighted by molar-refractivity contribution is 6.31. The molecule has 0 bridgehead atoms. The number of fused-ring (bicyclic) bond motifs is 1. The van der Waals surface area contributed by atoms with Crippen LogP contribution in [0.3, 0.4) is 0 Å². The fourth-order valence-electron chi connectivity index (χ4n) is 8.88. The molecule has 2 aromatic carbocycles. The van der Waals surface area contributed by atoms with Crippen molar-refractivity contribution in [2.75, 3.05) is 44.2 Å². The number of hydrogen-bond acceptors (Lipinski definition) is 8. The van der Waals surface area contributed by atoms with Crippen molar-refractivity contribution in [3.05, 3.63) is 83.4 Å². The summed E-state index contributed by atoms with van der Waals surface area (Å²) in [5.74, 6) is 2.46. The molecule has 1 aromatic heterocycles. The van der Waals surface area contributed by atoms with E-state index < -0.39 is 0 Å². The molecule has 1 aliphatic carbocycles. The molecule has 0 radical (unpaired) electrons. The van der Waals surface area contributed by atoms with E-state index in [0.29, 0.717) is 41.6 Å². The minimum atomic E-state index is -0.340. The number of rotatable bonds is 8. The number of likely N-dealkylation sites (tertiary alicyclic amines) is 2. The molecular formula is C40H47ClN8O3. The van der Waals surface area contributed by atoms with Gasteiger partial charge in [0.15, 0.2) is 0 Å². The first-order valence-electron chi connectivity index (χ1n) is 18.9. The summed E-state index contributed by atoms with van der Waals surface area (Å²) in [6.45, 7) is 5.82. The van der Waals surface area contributed by atoms with Gasteiger partial charge in [-0.1, -0.05) is 17.7 Å². The summed E-state index contributed by atoms with van der Waals surface area (Å²) in [6, 6.07) is 16.2. The van der Waals surface area contributed by atoms with Gasteiger partial charge >= 0.3 is 6.03 Å². The number of hydrogen-bond donors (Lipinski definition) is 2. The molecular weight excluding hydrogens is 676 g/mol. The normalized spacial score (nSPS) is 24.7. The molecule has 3 amide bonds. The number of hydrazine groups is 1. The molecule has 1 atom stereocenters. The number of piperidine rings is 2. The highest BCUT2D eigenvalue weighted by atomic mass is 35.5. The van der Waals surface area contributed by atoms with Gasteiger partial charge < -0.3 is 24.5 Å². The van der Waals surface area contributed by atoms with Gasteiger partial charge in [0.05, 0.1) is 33.9 Å². The fraction of sp³-hybridized carbons (Fsp3) is 0.475. The van der Waals surface area contributed by atoms with Gasteiger partial charge in [-0.3, -0.25) is 20.0 Å². The van der Waals surface area contributed by atoms with Crippen LogP contribution in [0, 0.1) is 17.2 Å². The van der Waals surface area contributed by atoms with Crippen LogP contribution in [0.2, 0.25) is 5.02 Å². The van der Waals surface area contributed by atoms with Crippen LogP contribution in [0.4, 0.5) is 10.5 Å². The van der Waals surface area contributed by atoms with Gasteiger partial charge in [0.25, 0.3) is 0 Å². The smallest absolute Gasteiger partial charge is 0.328 e. The predicted octanol–water partition coefficient (Wildman–Crippen LogP) is 6.53. The van der Waals surface area contributed by atoms with Crippen LogP contribution in [0.1, 0.15) is 69.4 Å². The second-order valence-corrected chi connectivity index (χ2v) is 15.3. The molecule has 8 rings (SSSR count). The lowest BCUT2D eigenvalue weighted by atomic mass is 9.91. The topological polar surface area (TPSA) is 109 Å². The predicted molar refractivity (Wildman–Crippen MR) is 201 cm³/mol. The van der Waals surface area contributed by atoms with Crippen LogP contribution < -0.4 is 20.4 Å². The summed E-state index contributed by atoms with van der Waals surface area (Å²) in [6.07, 6.45) is 17.7. The Hall–Kier alpha value is -4.66. The maximum absolute atomic E-state index is 12.6. The molecule has 0 spiro atoms. The molecule has 5 heterocycles. The van der Waals surface area contributed by atoms with Gasteiger partial charge in [0, 0.05) is 69.0 Å². The third kappa shape index (κ3) is 7.19. The first kappa shape index (κ1) is 34.4. The Morgan fingerprint density at radius 3 is 2.58 bits per heavy atom. The van der Waals surface area contributed by atoms with Crippen molar-refractivity contribution in [2.24, 2.45) is 5.92 Å². The van der Waals surface area contributed by atoms with E-state index in [-0.39, 0.29) is 18.0 Å². The minimum absolute atomic E-state index is 0.141. The van der Waals surface area contributed by atoms with E-state index in [9.17, 15) is 14.9 Å². The number of nitrogens with one attached hydrogen (secondary N) is 2. The van der Waals surface area contributed by atoms with E-state index in [0.717, 1.165) is 87.2 Å². The van der Waals surface area contributed by atoms with Gasteiger partial charge in [0.1, 0.15) is 17.6 Å². The van der Waals surface area contributed by atoms with E-state index in [1.54, 1.807) is 17.0 Å². The number of anilines is 1. The molecule has 4 aliphatic heterocycles. The second kappa shape index (κ2) is 15.1. The summed E-state index contributed by atoms with van der Waals surface area (Å²) >= 11 is 6.24. The molecule has 3 saturated heterocycles. The first-order chi connectivity index (χ1) is 25.4. The van der Waals surface area contributed by atoms with Crippen molar-refractivity contribution in [1.82, 2.24) is 30.1 Å². The highest BCUT2D eigenvalue weighted by Crippen LogP contribution is 2.35. The van der Waals surface area contributed by atoms with E-state index in [1.165, 1.54) is 25.1 Å². The van der Waals surface area contributed by atoms with Crippen molar-refractivity contribution >= 4 is 40.1 Å². The summed E-state index contributed by atoms with van der Waals surface area (Å²) in [5, 5.41) is 15.5. The standard InChI is InChI=1S/C40H47ClN8O3/c41-35-24-33(11-8-29(35)25-42)52-32-12-9-30(10-13-32)49-39(7-2-18-43-49)46-20-14-28(15-21-46)26-45-19-3-4-31(27-45)47-22-16-34-36(47)5-1-6-37(34)48-23-17-38(50)44-40(48)51/h1-2,5-8,11,16,18,22,24,28,30-32,43H,3-4,9-10,12-15,17,19-21,23,26-27H2,(H,44,50,51)/t30?,31-,32?/m0/s1. The number of urea groups is 1. The van der Waals surface area contributed by atoms with Crippen LogP contribution in [0.5, 0.6) is 5.75 Å². The number of allylic oxidation sites excluding steroid dienone is 2. The van der Waals surface area contributed by atoms with E-state index in [1.807, 2.05) is 24.4 Å². The zero-order valence-electron chi connectivity index (χ0n) is 29.6. The molecule has 0 unspecified atom stereocenters. The summed E-state index contributed by atoms with van der Waals surface area (Å²) in [7, 11) is 0. The zero-order valence-corrected chi connectivity index (χ0v) is 30.3. The number of imide groups is 1. The van der Waals surface area contributed by atoms with Crippen molar-refractivity contribution in [1.29, 1.82) is 5.26 Å². The zero-order chi connectivity index (χ0) is 35.6. The average molecular weight is 723 g/mol. The number of nitriles is 1. The average Bonchev–Trinajstić information content (AvgIpc) is 3.61. The number of carbonyl (C=O) groups is 2. The molecule has 3 aromatic rings. The molecule has 11 nitrogen and oxygen atoms in total. The maximum atomic E-state index is 12.6. The van der Waals surface area contributed by atoms with Gasteiger partial charge in [-0.15, -0.1) is 0 Å². The van der Waals surface area contributed by atoms with Crippen molar-refractivity contribution in [3.8, 4) is 11.8 Å². The fourth-order valence-corrected chi connectivity index (χ4v) is 9.09. The number of benzene rings is 2. The number of carbonyl (C=O) groups excluding carboxylic acids is 2. The third-order valence-corrected chi connectivity index (χ3v) is 11.9. The van der Waals surface area contributed by atoms with Gasteiger partial charge in [-0.2, -0.15) is 5.26 Å². The van der Waals surface area contributed by atoms with Crippen molar-refractivity contribution in [3.63, 3.8) is 0 Å². The molecule has 4 fully saturated rings.